The van der Waals surface area contributed by atoms with Gasteiger partial charge in [0.15, 0.2) is 0 Å². The minimum absolute atomic E-state index is 0.268. The minimum Gasteiger partial charge on any atom is -0.496 e. The highest BCUT2D eigenvalue weighted by molar-refractivity contribution is 6.21. The molecule has 1 saturated carbocycles. The third-order valence-electron chi connectivity index (χ3n) is 3.47. The quantitative estimate of drug-likeness (QED) is 0.700. The highest BCUT2D eigenvalue weighted by Crippen LogP contribution is 2.40. The largest absolute Gasteiger partial charge is 0.496 e. The van der Waals surface area contributed by atoms with Crippen LogP contribution < -0.4 is 4.74 Å². The molecule has 1 aliphatic carbocycles. The van der Waals surface area contributed by atoms with Crippen LogP contribution in [0.25, 0.3) is 0 Å². The lowest BCUT2D eigenvalue weighted by atomic mass is 9.83. The third-order valence-corrected chi connectivity index (χ3v) is 3.99. The van der Waals surface area contributed by atoms with Crippen molar-refractivity contribution in [2.24, 2.45) is 0 Å². The van der Waals surface area contributed by atoms with Crippen LogP contribution in [0.1, 0.15) is 42.7 Å². The van der Waals surface area contributed by atoms with E-state index in [1.165, 1.54) is 30.4 Å². The normalized spacial score (nSPS) is 25.4. The van der Waals surface area contributed by atoms with E-state index in [2.05, 4.69) is 25.1 Å². The molecular weight excluding hydrogens is 220 g/mol. The van der Waals surface area contributed by atoms with Gasteiger partial charge in [0.2, 0.25) is 0 Å². The molecule has 0 aliphatic heterocycles. The molecule has 1 aromatic carbocycles. The Morgan fingerprint density at radius 2 is 2.00 bits per heavy atom. The molecule has 2 unspecified atom stereocenters. The number of benzene rings is 1. The summed E-state index contributed by atoms with van der Waals surface area (Å²) >= 11 is 6.44. The van der Waals surface area contributed by atoms with E-state index in [9.17, 15) is 0 Å². The molecule has 0 aromatic heterocycles. The number of hydrogen-bond donors (Lipinski definition) is 0. The molecule has 88 valence electrons. The number of aryl methyl sites for hydroxylation is 1. The summed E-state index contributed by atoms with van der Waals surface area (Å²) in [6, 6.07) is 6.38. The van der Waals surface area contributed by atoms with Crippen molar-refractivity contribution in [3.8, 4) is 5.75 Å². The van der Waals surface area contributed by atoms with Crippen LogP contribution in [0.15, 0.2) is 18.2 Å². The van der Waals surface area contributed by atoms with Gasteiger partial charge in [-0.15, -0.1) is 11.6 Å². The lowest BCUT2D eigenvalue weighted by Gasteiger charge is -2.28. The first kappa shape index (κ1) is 11.8. The van der Waals surface area contributed by atoms with Crippen molar-refractivity contribution < 1.29 is 4.74 Å². The average molecular weight is 239 g/mol. The van der Waals surface area contributed by atoms with Gasteiger partial charge >= 0.3 is 0 Å². The van der Waals surface area contributed by atoms with Gasteiger partial charge < -0.3 is 4.74 Å². The number of rotatable bonds is 2. The first-order chi connectivity index (χ1) is 7.72. The van der Waals surface area contributed by atoms with Crippen LogP contribution in [-0.2, 0) is 0 Å². The Bertz CT molecular complexity index is 362. The van der Waals surface area contributed by atoms with Crippen LogP contribution in [0.5, 0.6) is 5.75 Å². The number of hydrogen-bond acceptors (Lipinski definition) is 1. The Kier molecular flexibility index (Phi) is 3.75. The zero-order valence-corrected chi connectivity index (χ0v) is 10.8. The van der Waals surface area contributed by atoms with Crippen LogP contribution >= 0.6 is 11.6 Å². The second kappa shape index (κ2) is 5.09. The molecule has 0 saturated heterocycles. The zero-order valence-electron chi connectivity index (χ0n) is 10.0. The van der Waals surface area contributed by atoms with Gasteiger partial charge in [0.1, 0.15) is 5.75 Å². The Balaban J connectivity index is 2.33. The second-order valence-corrected chi connectivity index (χ2v) is 5.21. The average Bonchev–Trinajstić information content (AvgIpc) is 2.29. The topological polar surface area (TPSA) is 9.23 Å². The van der Waals surface area contributed by atoms with Crippen molar-refractivity contribution in [3.63, 3.8) is 0 Å². The SMILES string of the molecule is COc1ccc(C)cc1C1CCCCC1Cl. The van der Waals surface area contributed by atoms with Crippen molar-refractivity contribution in [1.82, 2.24) is 0 Å². The lowest BCUT2D eigenvalue weighted by molar-refractivity contribution is 0.389. The number of ether oxygens (including phenoxy) is 1. The first-order valence-corrected chi connectivity index (χ1v) is 6.44. The predicted molar refractivity (Wildman–Crippen MR) is 68.6 cm³/mol. The summed E-state index contributed by atoms with van der Waals surface area (Å²) in [5, 5.41) is 0.268. The summed E-state index contributed by atoms with van der Waals surface area (Å²) in [5.74, 6) is 1.45. The van der Waals surface area contributed by atoms with E-state index in [0.717, 1.165) is 12.2 Å². The number of alkyl halides is 1. The van der Waals surface area contributed by atoms with E-state index in [1.54, 1.807) is 7.11 Å². The van der Waals surface area contributed by atoms with Gasteiger partial charge in [-0.05, 0) is 31.4 Å². The predicted octanol–water partition coefficient (Wildman–Crippen LogP) is 4.27. The molecule has 0 radical (unpaired) electrons. The maximum Gasteiger partial charge on any atom is 0.122 e. The lowest BCUT2D eigenvalue weighted by Crippen LogP contribution is -2.18. The molecule has 0 N–H and O–H groups in total. The van der Waals surface area contributed by atoms with Crippen LogP contribution in [0.2, 0.25) is 0 Å². The Morgan fingerprint density at radius 3 is 2.69 bits per heavy atom. The molecule has 2 atom stereocenters. The van der Waals surface area contributed by atoms with Crippen molar-refractivity contribution in [1.29, 1.82) is 0 Å². The van der Waals surface area contributed by atoms with Gasteiger partial charge in [-0.25, -0.2) is 0 Å². The van der Waals surface area contributed by atoms with E-state index in [-0.39, 0.29) is 5.38 Å². The molecule has 2 heteroatoms. The first-order valence-electron chi connectivity index (χ1n) is 6.01. The van der Waals surface area contributed by atoms with Gasteiger partial charge in [-0.1, -0.05) is 30.5 Å². The highest BCUT2D eigenvalue weighted by Gasteiger charge is 2.26. The maximum absolute atomic E-state index is 6.44. The summed E-state index contributed by atoms with van der Waals surface area (Å²) in [5.41, 5.74) is 2.58. The standard InChI is InChI=1S/C14H19ClO/c1-10-7-8-14(16-2)12(9-10)11-5-3-4-6-13(11)15/h7-9,11,13H,3-6H2,1-2H3. The fourth-order valence-corrected chi connectivity index (χ4v) is 3.00. The fraction of sp³-hybridized carbons (Fsp3) is 0.571. The molecule has 1 nitrogen and oxygen atoms in total. The van der Waals surface area contributed by atoms with Crippen molar-refractivity contribution >= 4 is 11.6 Å². The molecule has 0 amide bonds. The van der Waals surface area contributed by atoms with E-state index in [1.807, 2.05) is 0 Å². The summed E-state index contributed by atoms with van der Waals surface area (Å²) in [6.45, 7) is 2.12. The highest BCUT2D eigenvalue weighted by atomic mass is 35.5. The summed E-state index contributed by atoms with van der Waals surface area (Å²) in [7, 11) is 1.74. The van der Waals surface area contributed by atoms with Gasteiger partial charge in [0, 0.05) is 11.3 Å². The monoisotopic (exact) mass is 238 g/mol. The molecule has 1 aromatic rings. The van der Waals surface area contributed by atoms with E-state index in [0.29, 0.717) is 5.92 Å². The molecule has 0 spiro atoms. The zero-order chi connectivity index (χ0) is 11.5. The molecular formula is C14H19ClO. The van der Waals surface area contributed by atoms with Crippen LogP contribution in [-0.4, -0.2) is 12.5 Å². The molecule has 1 aliphatic rings. The Morgan fingerprint density at radius 1 is 1.25 bits per heavy atom. The second-order valence-electron chi connectivity index (χ2n) is 4.65. The van der Waals surface area contributed by atoms with Gasteiger partial charge in [-0.3, -0.25) is 0 Å². The van der Waals surface area contributed by atoms with Crippen molar-refractivity contribution in [3.05, 3.63) is 29.3 Å². The summed E-state index contributed by atoms with van der Waals surface area (Å²) in [4.78, 5) is 0. The Hall–Kier alpha value is -0.690. The van der Waals surface area contributed by atoms with Gasteiger partial charge in [-0.2, -0.15) is 0 Å². The Labute approximate surface area is 103 Å². The minimum atomic E-state index is 0.268. The van der Waals surface area contributed by atoms with Crippen LogP contribution in [0, 0.1) is 6.92 Å². The smallest absolute Gasteiger partial charge is 0.122 e. The summed E-state index contributed by atoms with van der Waals surface area (Å²) < 4.78 is 5.44. The van der Waals surface area contributed by atoms with E-state index >= 15 is 0 Å². The van der Waals surface area contributed by atoms with Crippen LogP contribution in [0.4, 0.5) is 0 Å². The van der Waals surface area contributed by atoms with Gasteiger partial charge in [0.05, 0.1) is 7.11 Å². The molecule has 2 rings (SSSR count). The van der Waals surface area contributed by atoms with E-state index < -0.39 is 0 Å². The maximum atomic E-state index is 6.44. The summed E-state index contributed by atoms with van der Waals surface area (Å²) in [6.07, 6.45) is 4.86. The van der Waals surface area contributed by atoms with Crippen molar-refractivity contribution in [2.45, 2.75) is 43.9 Å². The number of methoxy groups -OCH3 is 1. The van der Waals surface area contributed by atoms with Crippen molar-refractivity contribution in [2.75, 3.05) is 7.11 Å². The molecule has 16 heavy (non-hydrogen) atoms. The van der Waals surface area contributed by atoms with E-state index in [4.69, 9.17) is 16.3 Å². The van der Waals surface area contributed by atoms with Crippen LogP contribution in [0.3, 0.4) is 0 Å². The third kappa shape index (κ3) is 2.35. The fourth-order valence-electron chi connectivity index (χ4n) is 2.58. The molecule has 0 heterocycles. The molecule has 0 bridgehead atoms. The molecule has 1 fully saturated rings. The van der Waals surface area contributed by atoms with Gasteiger partial charge in [0.25, 0.3) is 0 Å². The number of halogens is 1.